The third-order valence-electron chi connectivity index (χ3n) is 3.77. The molecule has 1 aliphatic rings. The fraction of sp³-hybridized carbons (Fsp3) is 0.500. The van der Waals surface area contributed by atoms with Crippen molar-refractivity contribution >= 4 is 0 Å². The van der Waals surface area contributed by atoms with E-state index in [9.17, 15) is 14.0 Å². The van der Waals surface area contributed by atoms with E-state index in [2.05, 4.69) is 6.07 Å². The Morgan fingerprint density at radius 1 is 1.28 bits per heavy atom. The van der Waals surface area contributed by atoms with E-state index in [1.807, 2.05) is 19.0 Å². The maximum Gasteiger partial charge on any atom is 0.159 e. The van der Waals surface area contributed by atoms with Crippen LogP contribution < -0.4 is 0 Å². The van der Waals surface area contributed by atoms with Gasteiger partial charge in [0.15, 0.2) is 11.6 Å². The molecule has 0 aromatic heterocycles. The van der Waals surface area contributed by atoms with Crippen LogP contribution in [0.5, 0.6) is 0 Å². The molecule has 0 saturated heterocycles. The summed E-state index contributed by atoms with van der Waals surface area (Å²) in [5.41, 5.74) is 0.202. The number of nitriles is 1. The summed E-state index contributed by atoms with van der Waals surface area (Å²) < 4.78 is 26.3. The highest BCUT2D eigenvalue weighted by atomic mass is 19.2. The van der Waals surface area contributed by atoms with Crippen molar-refractivity contribution in [2.75, 3.05) is 14.1 Å². The van der Waals surface area contributed by atoms with Gasteiger partial charge in [-0.15, -0.1) is 0 Å². The second-order valence-electron chi connectivity index (χ2n) is 5.16. The van der Waals surface area contributed by atoms with Gasteiger partial charge in [0, 0.05) is 0 Å². The Hall–Kier alpha value is -1.47. The van der Waals surface area contributed by atoms with Gasteiger partial charge in [0.25, 0.3) is 0 Å². The van der Waals surface area contributed by atoms with Crippen LogP contribution >= 0.6 is 0 Å². The number of halogens is 2. The van der Waals surface area contributed by atoms with Crippen molar-refractivity contribution in [1.29, 1.82) is 5.26 Å². The minimum atomic E-state index is -0.855. The monoisotopic (exact) mass is 250 g/mol. The molecule has 0 amide bonds. The number of benzene rings is 1. The summed E-state index contributed by atoms with van der Waals surface area (Å²) >= 11 is 0. The summed E-state index contributed by atoms with van der Waals surface area (Å²) in [6, 6.07) is 6.09. The second-order valence-corrected chi connectivity index (χ2v) is 5.16. The van der Waals surface area contributed by atoms with Gasteiger partial charge < -0.3 is 4.90 Å². The Kier molecular flexibility index (Phi) is 3.36. The molecule has 2 nitrogen and oxygen atoms in total. The van der Waals surface area contributed by atoms with E-state index >= 15 is 0 Å². The molecular weight excluding hydrogens is 234 g/mol. The summed E-state index contributed by atoms with van der Waals surface area (Å²) in [5, 5.41) is 9.40. The minimum Gasteiger partial charge on any atom is -0.301 e. The Morgan fingerprint density at radius 3 is 2.33 bits per heavy atom. The molecule has 0 radical (unpaired) electrons. The lowest BCUT2D eigenvalue weighted by Gasteiger charge is -2.45. The first-order valence-corrected chi connectivity index (χ1v) is 6.03. The van der Waals surface area contributed by atoms with Gasteiger partial charge in [-0.2, -0.15) is 5.26 Å². The van der Waals surface area contributed by atoms with Gasteiger partial charge in [0.2, 0.25) is 0 Å². The summed E-state index contributed by atoms with van der Waals surface area (Å²) in [6.45, 7) is 0. The highest BCUT2D eigenvalue weighted by molar-refractivity contribution is 5.27. The van der Waals surface area contributed by atoms with Crippen LogP contribution in [0.3, 0.4) is 0 Å². The van der Waals surface area contributed by atoms with E-state index in [-0.39, 0.29) is 6.04 Å². The zero-order valence-electron chi connectivity index (χ0n) is 10.6. The van der Waals surface area contributed by atoms with Gasteiger partial charge in [-0.3, -0.25) is 0 Å². The number of nitrogens with zero attached hydrogens (tertiary/aromatic N) is 2. The summed E-state index contributed by atoms with van der Waals surface area (Å²) in [5.74, 6) is -1.71. The van der Waals surface area contributed by atoms with Crippen molar-refractivity contribution < 1.29 is 8.78 Å². The minimum absolute atomic E-state index is 0.189. The lowest BCUT2D eigenvalue weighted by Crippen LogP contribution is -2.41. The average Bonchev–Trinajstić information content (AvgIpc) is 2.27. The van der Waals surface area contributed by atoms with E-state index < -0.39 is 17.0 Å². The third kappa shape index (κ3) is 1.99. The third-order valence-corrected chi connectivity index (χ3v) is 3.77. The van der Waals surface area contributed by atoms with Gasteiger partial charge in [0.1, 0.15) is 0 Å². The van der Waals surface area contributed by atoms with Gasteiger partial charge in [0.05, 0.1) is 17.5 Å². The predicted molar refractivity (Wildman–Crippen MR) is 64.7 cm³/mol. The molecule has 1 saturated carbocycles. The molecule has 2 rings (SSSR count). The summed E-state index contributed by atoms with van der Waals surface area (Å²) in [4.78, 5) is 1.91. The van der Waals surface area contributed by atoms with Crippen LogP contribution in [0.1, 0.15) is 30.9 Å². The van der Waals surface area contributed by atoms with Gasteiger partial charge in [-0.1, -0.05) is 12.5 Å². The number of hydrogen-bond donors (Lipinski definition) is 0. The van der Waals surface area contributed by atoms with Gasteiger partial charge in [-0.25, -0.2) is 8.78 Å². The van der Waals surface area contributed by atoms with Crippen LogP contribution in [-0.2, 0) is 0 Å². The Balaban J connectivity index is 2.42. The van der Waals surface area contributed by atoms with Crippen LogP contribution in [0.25, 0.3) is 0 Å². The molecule has 0 heterocycles. The molecule has 1 fully saturated rings. The SMILES string of the molecule is CN(C)C(c1ccc(F)c(F)c1)C1(C#N)CCC1. The first-order chi connectivity index (χ1) is 8.50. The normalized spacial score (nSPS) is 19.1. The first kappa shape index (κ1) is 13.0. The van der Waals surface area contributed by atoms with Crippen molar-refractivity contribution in [2.45, 2.75) is 25.3 Å². The molecule has 0 bridgehead atoms. The highest BCUT2D eigenvalue weighted by Crippen LogP contribution is 2.51. The molecule has 1 atom stereocenters. The largest absolute Gasteiger partial charge is 0.301 e. The van der Waals surface area contributed by atoms with Crippen LogP contribution in [0, 0.1) is 28.4 Å². The van der Waals surface area contributed by atoms with E-state index in [4.69, 9.17) is 0 Å². The van der Waals surface area contributed by atoms with Crippen LogP contribution in [0.2, 0.25) is 0 Å². The van der Waals surface area contributed by atoms with Crippen molar-refractivity contribution in [3.63, 3.8) is 0 Å². The lowest BCUT2D eigenvalue weighted by molar-refractivity contribution is 0.0746. The second kappa shape index (κ2) is 4.66. The van der Waals surface area contributed by atoms with Gasteiger partial charge >= 0.3 is 0 Å². The van der Waals surface area contributed by atoms with E-state index in [0.29, 0.717) is 5.56 Å². The van der Waals surface area contributed by atoms with E-state index in [0.717, 1.165) is 25.3 Å². The maximum absolute atomic E-state index is 13.3. The first-order valence-electron chi connectivity index (χ1n) is 6.03. The fourth-order valence-corrected chi connectivity index (χ4v) is 2.80. The number of rotatable bonds is 3. The standard InChI is InChI=1S/C14H16F2N2/c1-18(2)13(14(9-17)6-3-7-14)10-4-5-11(15)12(16)8-10/h4-5,8,13H,3,6-7H2,1-2H3. The smallest absolute Gasteiger partial charge is 0.159 e. The molecule has 0 aliphatic heterocycles. The maximum atomic E-state index is 13.3. The molecule has 18 heavy (non-hydrogen) atoms. The van der Waals surface area contributed by atoms with Crippen LogP contribution in [-0.4, -0.2) is 19.0 Å². The molecular formula is C14H16F2N2. The fourth-order valence-electron chi connectivity index (χ4n) is 2.80. The Morgan fingerprint density at radius 2 is 1.94 bits per heavy atom. The van der Waals surface area contributed by atoms with Crippen molar-refractivity contribution in [2.24, 2.45) is 5.41 Å². The molecule has 1 unspecified atom stereocenters. The molecule has 96 valence electrons. The van der Waals surface area contributed by atoms with Crippen molar-refractivity contribution in [3.8, 4) is 6.07 Å². The lowest BCUT2D eigenvalue weighted by atomic mass is 9.63. The quantitative estimate of drug-likeness (QED) is 0.823. The van der Waals surface area contributed by atoms with E-state index in [1.54, 1.807) is 6.07 Å². The zero-order valence-corrected chi connectivity index (χ0v) is 10.6. The predicted octanol–water partition coefficient (Wildman–Crippen LogP) is 3.26. The van der Waals surface area contributed by atoms with Crippen LogP contribution in [0.15, 0.2) is 18.2 Å². The Bertz CT molecular complexity index is 487. The molecule has 1 aromatic carbocycles. The molecule has 4 heteroatoms. The topological polar surface area (TPSA) is 27.0 Å². The zero-order chi connectivity index (χ0) is 13.3. The molecule has 0 N–H and O–H groups in total. The molecule has 0 spiro atoms. The summed E-state index contributed by atoms with van der Waals surface area (Å²) in [7, 11) is 3.73. The van der Waals surface area contributed by atoms with Gasteiger partial charge in [-0.05, 0) is 44.6 Å². The van der Waals surface area contributed by atoms with E-state index in [1.165, 1.54) is 6.07 Å². The highest BCUT2D eigenvalue weighted by Gasteiger charge is 2.46. The molecule has 1 aliphatic carbocycles. The van der Waals surface area contributed by atoms with Crippen LogP contribution in [0.4, 0.5) is 8.78 Å². The van der Waals surface area contributed by atoms with Crippen molar-refractivity contribution in [1.82, 2.24) is 4.90 Å². The van der Waals surface area contributed by atoms with Crippen molar-refractivity contribution in [3.05, 3.63) is 35.4 Å². The Labute approximate surface area is 106 Å². The average molecular weight is 250 g/mol. The number of hydrogen-bond acceptors (Lipinski definition) is 2. The summed E-state index contributed by atoms with van der Waals surface area (Å²) in [6.07, 6.45) is 2.64. The molecule has 1 aromatic rings.